The summed E-state index contributed by atoms with van der Waals surface area (Å²) in [5.74, 6) is 1.05. The molecule has 0 radical (unpaired) electrons. The molecule has 0 spiro atoms. The fraction of sp³-hybridized carbons (Fsp3) is 0.500. The number of hydrogen-bond acceptors (Lipinski definition) is 8. The molecule has 2 aromatic rings. The molecule has 150 valence electrons. The van der Waals surface area contributed by atoms with Crippen molar-refractivity contribution in [2.45, 2.75) is 39.3 Å². The van der Waals surface area contributed by atoms with E-state index in [0.29, 0.717) is 37.1 Å². The van der Waals surface area contributed by atoms with Gasteiger partial charge in [-0.25, -0.2) is 24.7 Å². The Kier molecular flexibility index (Phi) is 5.57. The smallest absolute Gasteiger partial charge is 0.413 e. The van der Waals surface area contributed by atoms with Gasteiger partial charge in [0.15, 0.2) is 5.82 Å². The second-order valence-corrected chi connectivity index (χ2v) is 7.57. The van der Waals surface area contributed by atoms with Crippen molar-refractivity contribution in [3.05, 3.63) is 30.7 Å². The van der Waals surface area contributed by atoms with E-state index in [1.54, 1.807) is 27.0 Å². The first-order chi connectivity index (χ1) is 13.2. The number of nitrogens with one attached hydrogen (secondary N) is 1. The predicted octanol–water partition coefficient (Wildman–Crippen LogP) is 2.47. The third-order valence-corrected chi connectivity index (χ3v) is 4.13. The van der Waals surface area contributed by atoms with Gasteiger partial charge in [0.25, 0.3) is 0 Å². The number of amides is 1. The molecule has 28 heavy (non-hydrogen) atoms. The first-order valence-corrected chi connectivity index (χ1v) is 9.02. The van der Waals surface area contributed by atoms with Crippen molar-refractivity contribution in [3.8, 4) is 0 Å². The number of halogens is 1. The van der Waals surface area contributed by atoms with Crippen LogP contribution in [0.1, 0.15) is 27.7 Å². The highest BCUT2D eigenvalue weighted by Crippen LogP contribution is 2.21. The number of piperazine rings is 1. The van der Waals surface area contributed by atoms with Crippen LogP contribution in [0.3, 0.4) is 0 Å². The van der Waals surface area contributed by atoms with Crippen LogP contribution in [0.5, 0.6) is 0 Å². The summed E-state index contributed by atoms with van der Waals surface area (Å²) in [6.07, 6.45) is 3.76. The van der Waals surface area contributed by atoms with Crippen LogP contribution in [0, 0.1) is 5.95 Å². The number of anilines is 3. The lowest BCUT2D eigenvalue weighted by atomic mass is 10.2. The Balaban J connectivity index is 1.61. The standard InChI is InChI=1S/C18H24FN7O2/c1-12-10-25(15-7-13(19)22-11-23-15)5-6-26(12)16-9-20-14(8-21-16)24-17(27)28-18(2,3)4/h7-9,11-12H,5-6,10H2,1-4H3,(H,20,24,27)/t12-/m0/s1. The number of carbonyl (C=O) groups excluding carboxylic acids is 1. The summed E-state index contributed by atoms with van der Waals surface area (Å²) in [6.45, 7) is 9.43. The predicted molar refractivity (Wildman–Crippen MR) is 103 cm³/mol. The fourth-order valence-corrected chi connectivity index (χ4v) is 2.95. The molecule has 0 saturated carbocycles. The van der Waals surface area contributed by atoms with Gasteiger partial charge in [-0.05, 0) is 27.7 Å². The van der Waals surface area contributed by atoms with Crippen LogP contribution in [-0.4, -0.2) is 57.3 Å². The number of ether oxygens (including phenoxy) is 1. The molecule has 0 bridgehead atoms. The number of nitrogens with zero attached hydrogens (tertiary/aromatic N) is 6. The van der Waals surface area contributed by atoms with E-state index < -0.39 is 17.6 Å². The van der Waals surface area contributed by atoms with Crippen LogP contribution in [0.25, 0.3) is 0 Å². The lowest BCUT2D eigenvalue weighted by molar-refractivity contribution is 0.0635. The van der Waals surface area contributed by atoms with Crippen molar-refractivity contribution in [2.75, 3.05) is 34.8 Å². The lowest BCUT2D eigenvalue weighted by Crippen LogP contribution is -2.52. The van der Waals surface area contributed by atoms with Crippen LogP contribution in [-0.2, 0) is 4.74 Å². The Labute approximate surface area is 163 Å². The summed E-state index contributed by atoms with van der Waals surface area (Å²) < 4.78 is 18.5. The maximum absolute atomic E-state index is 13.3. The van der Waals surface area contributed by atoms with Crippen LogP contribution >= 0.6 is 0 Å². The highest BCUT2D eigenvalue weighted by atomic mass is 19.1. The average molecular weight is 389 g/mol. The molecular formula is C18H24FN7O2. The molecule has 1 fully saturated rings. The molecule has 3 rings (SSSR count). The molecule has 9 nitrogen and oxygen atoms in total. The Morgan fingerprint density at radius 3 is 2.57 bits per heavy atom. The highest BCUT2D eigenvalue weighted by Gasteiger charge is 2.26. The first kappa shape index (κ1) is 19.7. The van der Waals surface area contributed by atoms with Gasteiger partial charge in [-0.1, -0.05) is 0 Å². The van der Waals surface area contributed by atoms with Gasteiger partial charge >= 0.3 is 6.09 Å². The van der Waals surface area contributed by atoms with Crippen molar-refractivity contribution in [2.24, 2.45) is 0 Å². The zero-order chi connectivity index (χ0) is 20.3. The van der Waals surface area contributed by atoms with Gasteiger partial charge in [0.05, 0.1) is 12.4 Å². The molecule has 1 atom stereocenters. The van der Waals surface area contributed by atoms with Gasteiger partial charge in [-0.15, -0.1) is 0 Å². The van der Waals surface area contributed by atoms with Crippen molar-refractivity contribution in [3.63, 3.8) is 0 Å². The van der Waals surface area contributed by atoms with E-state index in [4.69, 9.17) is 4.74 Å². The maximum Gasteiger partial charge on any atom is 0.413 e. The van der Waals surface area contributed by atoms with E-state index in [-0.39, 0.29) is 6.04 Å². The largest absolute Gasteiger partial charge is 0.444 e. The third-order valence-electron chi connectivity index (χ3n) is 4.13. The third kappa shape index (κ3) is 5.02. The lowest BCUT2D eigenvalue weighted by Gasteiger charge is -2.40. The van der Waals surface area contributed by atoms with Gasteiger partial charge in [0, 0.05) is 31.7 Å². The van der Waals surface area contributed by atoms with Gasteiger partial charge in [0.1, 0.15) is 23.6 Å². The maximum atomic E-state index is 13.3. The number of hydrogen-bond donors (Lipinski definition) is 1. The number of aromatic nitrogens is 4. The Hall–Kier alpha value is -3.04. The Morgan fingerprint density at radius 2 is 1.96 bits per heavy atom. The molecule has 1 saturated heterocycles. The number of rotatable bonds is 3. The van der Waals surface area contributed by atoms with Gasteiger partial charge in [-0.3, -0.25) is 5.32 Å². The molecule has 0 unspecified atom stereocenters. The molecule has 10 heteroatoms. The van der Waals surface area contributed by atoms with Gasteiger partial charge in [0.2, 0.25) is 5.95 Å². The highest BCUT2D eigenvalue weighted by molar-refractivity contribution is 5.83. The molecule has 2 aromatic heterocycles. The van der Waals surface area contributed by atoms with E-state index in [1.807, 2.05) is 4.90 Å². The van der Waals surface area contributed by atoms with E-state index >= 15 is 0 Å². The van der Waals surface area contributed by atoms with E-state index in [9.17, 15) is 9.18 Å². The minimum Gasteiger partial charge on any atom is -0.444 e. The molecule has 1 amide bonds. The molecule has 0 aliphatic carbocycles. The quantitative estimate of drug-likeness (QED) is 0.800. The summed E-state index contributed by atoms with van der Waals surface area (Å²) in [7, 11) is 0. The summed E-state index contributed by atoms with van der Waals surface area (Å²) in [4.78, 5) is 32.2. The SMILES string of the molecule is C[C@H]1CN(c2cc(F)ncn2)CCN1c1cnc(NC(=O)OC(C)(C)C)cn1. The molecule has 1 aliphatic heterocycles. The van der Waals surface area contributed by atoms with Gasteiger partial charge in [-0.2, -0.15) is 4.39 Å². The Bertz CT molecular complexity index is 825. The summed E-state index contributed by atoms with van der Waals surface area (Å²) in [6, 6.07) is 1.45. The van der Waals surface area contributed by atoms with E-state index in [0.717, 1.165) is 0 Å². The van der Waals surface area contributed by atoms with Gasteiger partial charge < -0.3 is 14.5 Å². The normalized spacial score (nSPS) is 17.4. The summed E-state index contributed by atoms with van der Waals surface area (Å²) in [5, 5.41) is 2.56. The summed E-state index contributed by atoms with van der Waals surface area (Å²) >= 11 is 0. The van der Waals surface area contributed by atoms with E-state index in [1.165, 1.54) is 18.6 Å². The average Bonchev–Trinajstić information content (AvgIpc) is 2.61. The zero-order valence-electron chi connectivity index (χ0n) is 16.4. The second-order valence-electron chi connectivity index (χ2n) is 7.57. The van der Waals surface area contributed by atoms with Crippen LogP contribution < -0.4 is 15.1 Å². The first-order valence-electron chi connectivity index (χ1n) is 9.02. The minimum absolute atomic E-state index is 0.116. The molecule has 1 aliphatic rings. The van der Waals surface area contributed by atoms with Crippen molar-refractivity contribution in [1.82, 2.24) is 19.9 Å². The fourth-order valence-electron chi connectivity index (χ4n) is 2.95. The molecule has 1 N–H and O–H groups in total. The topological polar surface area (TPSA) is 96.4 Å². The monoisotopic (exact) mass is 389 g/mol. The molecular weight excluding hydrogens is 365 g/mol. The zero-order valence-corrected chi connectivity index (χ0v) is 16.4. The van der Waals surface area contributed by atoms with Crippen LogP contribution in [0.2, 0.25) is 0 Å². The summed E-state index contributed by atoms with van der Waals surface area (Å²) in [5.41, 5.74) is -0.584. The van der Waals surface area contributed by atoms with Crippen molar-refractivity contribution < 1.29 is 13.9 Å². The van der Waals surface area contributed by atoms with E-state index in [2.05, 4.69) is 37.1 Å². The van der Waals surface area contributed by atoms with Crippen LogP contribution in [0.15, 0.2) is 24.8 Å². The van der Waals surface area contributed by atoms with Crippen molar-refractivity contribution >= 4 is 23.5 Å². The Morgan fingerprint density at radius 1 is 1.18 bits per heavy atom. The molecule has 0 aromatic carbocycles. The minimum atomic E-state index is -0.584. The van der Waals surface area contributed by atoms with Crippen LogP contribution in [0.4, 0.5) is 26.6 Å². The molecule has 3 heterocycles. The number of carbonyl (C=O) groups is 1. The second kappa shape index (κ2) is 7.91. The van der Waals surface area contributed by atoms with Crippen molar-refractivity contribution in [1.29, 1.82) is 0 Å².